The number of benzene rings is 3. The van der Waals surface area contributed by atoms with Crippen molar-refractivity contribution in [3.8, 4) is 50.8 Å². The SMILES string of the molecule is COc1cc(OC)cc(-c2c(-c3ccccc3)nnc(C)c2-c2c(F)cc(OC)cc2F)c1. The lowest BCUT2D eigenvalue weighted by atomic mass is 9.89. The molecule has 0 saturated carbocycles. The number of nitrogens with zero attached hydrogens (tertiary/aromatic N) is 2. The van der Waals surface area contributed by atoms with Crippen LogP contribution >= 0.6 is 0 Å². The summed E-state index contributed by atoms with van der Waals surface area (Å²) in [6.07, 6.45) is 0. The summed E-state index contributed by atoms with van der Waals surface area (Å²) in [7, 11) is 4.43. The minimum atomic E-state index is -0.766. The third kappa shape index (κ3) is 4.22. The van der Waals surface area contributed by atoms with Crippen molar-refractivity contribution in [2.75, 3.05) is 21.3 Å². The van der Waals surface area contributed by atoms with Crippen LogP contribution in [0.3, 0.4) is 0 Å². The number of hydrogen-bond donors (Lipinski definition) is 0. The van der Waals surface area contributed by atoms with Gasteiger partial charge < -0.3 is 14.2 Å². The van der Waals surface area contributed by atoms with Gasteiger partial charge in [0, 0.05) is 34.9 Å². The van der Waals surface area contributed by atoms with Crippen LogP contribution in [-0.4, -0.2) is 31.5 Å². The zero-order valence-corrected chi connectivity index (χ0v) is 18.6. The highest BCUT2D eigenvalue weighted by Crippen LogP contribution is 2.44. The van der Waals surface area contributed by atoms with Gasteiger partial charge in [0.15, 0.2) is 0 Å². The molecule has 168 valence electrons. The third-order valence-corrected chi connectivity index (χ3v) is 5.34. The molecule has 0 spiro atoms. The molecule has 0 N–H and O–H groups in total. The van der Waals surface area contributed by atoms with Gasteiger partial charge in [-0.1, -0.05) is 30.3 Å². The Hall–Kier alpha value is -4.00. The first-order valence-corrected chi connectivity index (χ1v) is 10.2. The van der Waals surface area contributed by atoms with Gasteiger partial charge in [-0.15, -0.1) is 5.10 Å². The van der Waals surface area contributed by atoms with E-state index in [0.717, 1.165) is 17.7 Å². The van der Waals surface area contributed by atoms with E-state index in [1.54, 1.807) is 25.1 Å². The number of aryl methyl sites for hydroxylation is 1. The highest BCUT2D eigenvalue weighted by Gasteiger charge is 2.25. The molecule has 7 heteroatoms. The normalized spacial score (nSPS) is 10.7. The van der Waals surface area contributed by atoms with E-state index in [1.165, 1.54) is 21.3 Å². The maximum atomic E-state index is 15.3. The molecule has 0 saturated heterocycles. The summed E-state index contributed by atoms with van der Waals surface area (Å²) in [6, 6.07) is 16.9. The van der Waals surface area contributed by atoms with E-state index in [0.29, 0.717) is 34.0 Å². The van der Waals surface area contributed by atoms with E-state index >= 15 is 8.78 Å². The molecule has 0 aliphatic heterocycles. The van der Waals surface area contributed by atoms with E-state index in [1.807, 2.05) is 30.3 Å². The smallest absolute Gasteiger partial charge is 0.137 e. The molecule has 0 aliphatic rings. The van der Waals surface area contributed by atoms with Gasteiger partial charge >= 0.3 is 0 Å². The molecule has 0 unspecified atom stereocenters. The van der Waals surface area contributed by atoms with Gasteiger partial charge in [0.1, 0.15) is 34.6 Å². The van der Waals surface area contributed by atoms with E-state index in [-0.39, 0.29) is 16.9 Å². The van der Waals surface area contributed by atoms with Gasteiger partial charge in [-0.2, -0.15) is 5.10 Å². The van der Waals surface area contributed by atoms with Crippen LogP contribution in [0.15, 0.2) is 60.7 Å². The molecule has 0 fully saturated rings. The summed E-state index contributed by atoms with van der Waals surface area (Å²) in [5.41, 5.74) is 2.79. The van der Waals surface area contributed by atoms with Gasteiger partial charge in [-0.05, 0) is 24.6 Å². The minimum Gasteiger partial charge on any atom is -0.497 e. The van der Waals surface area contributed by atoms with Crippen LogP contribution in [0.5, 0.6) is 17.2 Å². The number of aromatic nitrogens is 2. The largest absolute Gasteiger partial charge is 0.497 e. The Bertz CT molecular complexity index is 1270. The van der Waals surface area contributed by atoms with Crippen molar-refractivity contribution in [3.63, 3.8) is 0 Å². The fourth-order valence-electron chi connectivity index (χ4n) is 3.77. The first kappa shape index (κ1) is 22.2. The zero-order valence-electron chi connectivity index (χ0n) is 18.6. The standard InChI is InChI=1S/C26H22F2N2O3/c1-15-23(25-21(27)13-20(33-4)14-22(25)28)24(17-10-18(31-2)12-19(11-17)32-3)26(30-29-15)16-8-6-5-7-9-16/h5-14H,1-4H3. The predicted molar refractivity (Wildman–Crippen MR) is 123 cm³/mol. The third-order valence-electron chi connectivity index (χ3n) is 5.34. The number of ether oxygens (including phenoxy) is 3. The van der Waals surface area contributed by atoms with Gasteiger partial charge in [-0.25, -0.2) is 8.78 Å². The fourth-order valence-corrected chi connectivity index (χ4v) is 3.77. The Kier molecular flexibility index (Phi) is 6.22. The molecule has 0 radical (unpaired) electrons. The summed E-state index contributed by atoms with van der Waals surface area (Å²) < 4.78 is 46.4. The van der Waals surface area contributed by atoms with Gasteiger partial charge in [0.25, 0.3) is 0 Å². The Balaban J connectivity index is 2.14. The van der Waals surface area contributed by atoms with Gasteiger partial charge in [0.2, 0.25) is 0 Å². The van der Waals surface area contributed by atoms with Crippen molar-refractivity contribution in [2.24, 2.45) is 0 Å². The second kappa shape index (κ2) is 9.24. The Labute approximate surface area is 190 Å². The van der Waals surface area contributed by atoms with E-state index in [9.17, 15) is 0 Å². The predicted octanol–water partition coefficient (Wildman–Crippen LogP) is 6.09. The Morgan fingerprint density at radius 2 is 1.15 bits per heavy atom. The topological polar surface area (TPSA) is 53.5 Å². The molecule has 4 rings (SSSR count). The second-order valence-corrected chi connectivity index (χ2v) is 7.32. The van der Waals surface area contributed by atoms with Crippen molar-refractivity contribution in [2.45, 2.75) is 6.92 Å². The van der Waals surface area contributed by atoms with Crippen LogP contribution < -0.4 is 14.2 Å². The molecule has 3 aromatic carbocycles. The summed E-state index contributed by atoms with van der Waals surface area (Å²) in [6.45, 7) is 1.67. The van der Waals surface area contributed by atoms with Crippen LogP contribution in [0, 0.1) is 18.6 Å². The first-order chi connectivity index (χ1) is 16.0. The van der Waals surface area contributed by atoms with Crippen LogP contribution in [-0.2, 0) is 0 Å². The number of methoxy groups -OCH3 is 3. The van der Waals surface area contributed by atoms with E-state index < -0.39 is 11.6 Å². The highest BCUT2D eigenvalue weighted by molar-refractivity contribution is 5.94. The van der Waals surface area contributed by atoms with Gasteiger partial charge in [0.05, 0.1) is 32.6 Å². The lowest BCUT2D eigenvalue weighted by Gasteiger charge is -2.19. The summed E-state index contributed by atoms with van der Waals surface area (Å²) in [5.74, 6) is -0.392. The van der Waals surface area contributed by atoms with Gasteiger partial charge in [-0.3, -0.25) is 0 Å². The number of halogens is 2. The van der Waals surface area contributed by atoms with E-state index in [4.69, 9.17) is 14.2 Å². The average Bonchev–Trinajstić information content (AvgIpc) is 2.84. The quantitative estimate of drug-likeness (QED) is 0.357. The molecule has 4 aromatic rings. The minimum absolute atomic E-state index is 0.0845. The zero-order chi connectivity index (χ0) is 23.5. The summed E-state index contributed by atoms with van der Waals surface area (Å²) in [4.78, 5) is 0. The molecule has 0 atom stereocenters. The van der Waals surface area contributed by atoms with Crippen molar-refractivity contribution in [1.82, 2.24) is 10.2 Å². The van der Waals surface area contributed by atoms with Crippen molar-refractivity contribution in [3.05, 3.63) is 78.0 Å². The highest BCUT2D eigenvalue weighted by atomic mass is 19.1. The average molecular weight is 448 g/mol. The molecule has 5 nitrogen and oxygen atoms in total. The number of rotatable bonds is 6. The lowest BCUT2D eigenvalue weighted by molar-refractivity contribution is 0.394. The lowest BCUT2D eigenvalue weighted by Crippen LogP contribution is -2.04. The molecule has 1 heterocycles. The second-order valence-electron chi connectivity index (χ2n) is 7.32. The van der Waals surface area contributed by atoms with Crippen LogP contribution in [0.2, 0.25) is 0 Å². The van der Waals surface area contributed by atoms with Crippen molar-refractivity contribution in [1.29, 1.82) is 0 Å². The van der Waals surface area contributed by atoms with Crippen molar-refractivity contribution < 1.29 is 23.0 Å². The fraction of sp³-hybridized carbons (Fsp3) is 0.154. The van der Waals surface area contributed by atoms with Crippen LogP contribution in [0.25, 0.3) is 33.5 Å². The number of hydrogen-bond acceptors (Lipinski definition) is 5. The molecule has 1 aromatic heterocycles. The monoisotopic (exact) mass is 448 g/mol. The first-order valence-electron chi connectivity index (χ1n) is 10.2. The maximum Gasteiger partial charge on any atom is 0.137 e. The van der Waals surface area contributed by atoms with Crippen LogP contribution in [0.1, 0.15) is 5.69 Å². The molecular formula is C26H22F2N2O3. The molecular weight excluding hydrogens is 426 g/mol. The van der Waals surface area contributed by atoms with E-state index in [2.05, 4.69) is 10.2 Å². The molecule has 0 bridgehead atoms. The molecule has 33 heavy (non-hydrogen) atoms. The van der Waals surface area contributed by atoms with Crippen LogP contribution in [0.4, 0.5) is 8.78 Å². The summed E-state index contributed by atoms with van der Waals surface area (Å²) >= 11 is 0. The van der Waals surface area contributed by atoms with Crippen molar-refractivity contribution >= 4 is 0 Å². The Morgan fingerprint density at radius 1 is 0.606 bits per heavy atom. The Morgan fingerprint density at radius 3 is 1.70 bits per heavy atom. The molecule has 0 amide bonds. The maximum absolute atomic E-state index is 15.3. The summed E-state index contributed by atoms with van der Waals surface area (Å²) in [5, 5.41) is 8.66. The molecule has 0 aliphatic carbocycles.